The lowest BCUT2D eigenvalue weighted by molar-refractivity contribution is -0.114. The first-order valence-corrected chi connectivity index (χ1v) is 3.91. The molecule has 14 heavy (non-hydrogen) atoms. The molecule has 0 bridgehead atoms. The molecule has 0 spiro atoms. The molecule has 0 aliphatic heterocycles. The highest BCUT2D eigenvalue weighted by atomic mass is 16.4. The SMILES string of the molecule is CC(=O)Nc1cccc(C(=O)O)c1N. The molecular weight excluding hydrogens is 184 g/mol. The van der Waals surface area contributed by atoms with Crippen LogP contribution in [0.2, 0.25) is 0 Å². The van der Waals surface area contributed by atoms with Gasteiger partial charge in [0.05, 0.1) is 16.9 Å². The lowest BCUT2D eigenvalue weighted by Crippen LogP contribution is -2.11. The van der Waals surface area contributed by atoms with Gasteiger partial charge in [0.1, 0.15) is 0 Å². The number of nitrogens with one attached hydrogen (secondary N) is 1. The molecule has 1 rings (SSSR count). The molecule has 0 saturated carbocycles. The van der Waals surface area contributed by atoms with Gasteiger partial charge in [0.15, 0.2) is 0 Å². The molecule has 0 atom stereocenters. The summed E-state index contributed by atoms with van der Waals surface area (Å²) in [5.41, 5.74) is 5.90. The van der Waals surface area contributed by atoms with Crippen molar-refractivity contribution in [2.75, 3.05) is 11.1 Å². The van der Waals surface area contributed by atoms with Gasteiger partial charge in [-0.25, -0.2) is 4.79 Å². The highest BCUT2D eigenvalue weighted by molar-refractivity contribution is 6.00. The van der Waals surface area contributed by atoms with E-state index in [4.69, 9.17) is 10.8 Å². The van der Waals surface area contributed by atoms with E-state index < -0.39 is 5.97 Å². The monoisotopic (exact) mass is 194 g/mol. The van der Waals surface area contributed by atoms with E-state index >= 15 is 0 Å². The van der Waals surface area contributed by atoms with Crippen molar-refractivity contribution >= 4 is 23.3 Å². The van der Waals surface area contributed by atoms with E-state index in [1.54, 1.807) is 6.07 Å². The van der Waals surface area contributed by atoms with Crippen LogP contribution in [0.25, 0.3) is 0 Å². The maximum atomic E-state index is 10.7. The van der Waals surface area contributed by atoms with E-state index in [0.29, 0.717) is 5.69 Å². The lowest BCUT2D eigenvalue weighted by atomic mass is 10.1. The van der Waals surface area contributed by atoms with Crippen LogP contribution < -0.4 is 11.1 Å². The average Bonchev–Trinajstić information content (AvgIpc) is 2.07. The van der Waals surface area contributed by atoms with E-state index in [0.717, 1.165) is 0 Å². The van der Waals surface area contributed by atoms with Crippen LogP contribution >= 0.6 is 0 Å². The summed E-state index contributed by atoms with van der Waals surface area (Å²) in [6.45, 7) is 1.33. The smallest absolute Gasteiger partial charge is 0.337 e. The average molecular weight is 194 g/mol. The number of anilines is 2. The Hall–Kier alpha value is -2.04. The van der Waals surface area contributed by atoms with Crippen LogP contribution in [0.3, 0.4) is 0 Å². The molecule has 5 nitrogen and oxygen atoms in total. The van der Waals surface area contributed by atoms with Gasteiger partial charge >= 0.3 is 5.97 Å². The maximum Gasteiger partial charge on any atom is 0.337 e. The van der Waals surface area contributed by atoms with Gasteiger partial charge in [0.2, 0.25) is 5.91 Å². The third-order valence-corrected chi connectivity index (χ3v) is 1.65. The van der Waals surface area contributed by atoms with Crippen molar-refractivity contribution < 1.29 is 14.7 Å². The molecule has 1 aromatic carbocycles. The number of carbonyl (C=O) groups excluding carboxylic acids is 1. The van der Waals surface area contributed by atoms with Crippen LogP contribution in [0, 0.1) is 0 Å². The zero-order valence-corrected chi connectivity index (χ0v) is 7.57. The summed E-state index contributed by atoms with van der Waals surface area (Å²) < 4.78 is 0. The second-order valence-electron chi connectivity index (χ2n) is 2.75. The summed E-state index contributed by atoms with van der Waals surface area (Å²) >= 11 is 0. The predicted molar refractivity (Wildman–Crippen MR) is 52.1 cm³/mol. The molecule has 1 amide bonds. The Kier molecular flexibility index (Phi) is 2.71. The molecule has 0 fully saturated rings. The second-order valence-corrected chi connectivity index (χ2v) is 2.75. The van der Waals surface area contributed by atoms with E-state index in [2.05, 4.69) is 5.32 Å². The number of nitrogen functional groups attached to an aromatic ring is 1. The molecule has 0 radical (unpaired) electrons. The number of para-hydroxylation sites is 1. The van der Waals surface area contributed by atoms with Crippen molar-refractivity contribution in [3.8, 4) is 0 Å². The van der Waals surface area contributed by atoms with Gasteiger partial charge in [-0.2, -0.15) is 0 Å². The quantitative estimate of drug-likeness (QED) is 0.610. The van der Waals surface area contributed by atoms with Crippen molar-refractivity contribution in [2.24, 2.45) is 0 Å². The van der Waals surface area contributed by atoms with Crippen LogP contribution in [0.15, 0.2) is 18.2 Å². The molecule has 0 aliphatic carbocycles. The topological polar surface area (TPSA) is 92.4 Å². The minimum atomic E-state index is -1.12. The van der Waals surface area contributed by atoms with Crippen LogP contribution in [-0.2, 0) is 4.79 Å². The van der Waals surface area contributed by atoms with Crippen LogP contribution in [0.1, 0.15) is 17.3 Å². The van der Waals surface area contributed by atoms with Crippen LogP contribution in [0.5, 0.6) is 0 Å². The van der Waals surface area contributed by atoms with Crippen molar-refractivity contribution in [1.29, 1.82) is 0 Å². The summed E-state index contributed by atoms with van der Waals surface area (Å²) in [4.78, 5) is 21.4. The van der Waals surface area contributed by atoms with E-state index in [9.17, 15) is 9.59 Å². The maximum absolute atomic E-state index is 10.7. The minimum Gasteiger partial charge on any atom is -0.478 e. The van der Waals surface area contributed by atoms with Crippen molar-refractivity contribution in [2.45, 2.75) is 6.92 Å². The normalized spacial score (nSPS) is 9.50. The number of aromatic carboxylic acids is 1. The Morgan fingerprint density at radius 2 is 2.07 bits per heavy atom. The highest BCUT2D eigenvalue weighted by Crippen LogP contribution is 2.22. The number of carboxylic acids is 1. The van der Waals surface area contributed by atoms with Gasteiger partial charge in [-0.1, -0.05) is 6.07 Å². The Morgan fingerprint density at radius 1 is 1.43 bits per heavy atom. The lowest BCUT2D eigenvalue weighted by Gasteiger charge is -2.07. The van der Waals surface area contributed by atoms with Crippen molar-refractivity contribution in [3.63, 3.8) is 0 Å². The fourth-order valence-electron chi connectivity index (χ4n) is 1.05. The Balaban J connectivity index is 3.13. The number of benzene rings is 1. The van der Waals surface area contributed by atoms with Crippen molar-refractivity contribution in [3.05, 3.63) is 23.8 Å². The predicted octanol–water partition coefficient (Wildman–Crippen LogP) is 0.925. The number of rotatable bonds is 2. The van der Waals surface area contributed by atoms with E-state index in [-0.39, 0.29) is 17.2 Å². The first kappa shape index (κ1) is 10.0. The summed E-state index contributed by atoms with van der Waals surface area (Å²) in [6, 6.07) is 4.44. The number of hydrogen-bond acceptors (Lipinski definition) is 3. The summed E-state index contributed by atoms with van der Waals surface area (Å²) in [6.07, 6.45) is 0. The number of carbonyl (C=O) groups is 2. The Bertz CT molecular complexity index is 388. The molecular formula is C9H10N2O3. The number of hydrogen-bond donors (Lipinski definition) is 3. The standard InChI is InChI=1S/C9H10N2O3/c1-5(12)11-7-4-2-3-6(8(7)10)9(13)14/h2-4H,10H2,1H3,(H,11,12)(H,13,14). The molecule has 0 unspecified atom stereocenters. The number of carboxylic acid groups (broad SMARTS) is 1. The zero-order valence-electron chi connectivity index (χ0n) is 7.57. The first-order valence-electron chi connectivity index (χ1n) is 3.91. The van der Waals surface area contributed by atoms with Gasteiger partial charge in [0.25, 0.3) is 0 Å². The molecule has 0 heterocycles. The van der Waals surface area contributed by atoms with Gasteiger partial charge in [-0.3, -0.25) is 4.79 Å². The van der Waals surface area contributed by atoms with Gasteiger partial charge in [-0.15, -0.1) is 0 Å². The van der Waals surface area contributed by atoms with Gasteiger partial charge in [-0.05, 0) is 12.1 Å². The van der Waals surface area contributed by atoms with Crippen molar-refractivity contribution in [1.82, 2.24) is 0 Å². The summed E-state index contributed by atoms with van der Waals surface area (Å²) in [7, 11) is 0. The molecule has 0 aromatic heterocycles. The summed E-state index contributed by atoms with van der Waals surface area (Å²) in [5.74, 6) is -1.41. The number of nitrogens with two attached hydrogens (primary N) is 1. The molecule has 5 heteroatoms. The highest BCUT2D eigenvalue weighted by Gasteiger charge is 2.11. The molecule has 0 saturated heterocycles. The molecule has 0 aliphatic rings. The Labute approximate surface area is 80.5 Å². The van der Waals surface area contributed by atoms with E-state index in [1.165, 1.54) is 19.1 Å². The van der Waals surface area contributed by atoms with Gasteiger partial charge in [0, 0.05) is 6.92 Å². The first-order chi connectivity index (χ1) is 6.52. The zero-order chi connectivity index (χ0) is 10.7. The van der Waals surface area contributed by atoms with Crippen LogP contribution in [0.4, 0.5) is 11.4 Å². The van der Waals surface area contributed by atoms with E-state index in [1.807, 2.05) is 0 Å². The summed E-state index contributed by atoms with van der Waals surface area (Å²) in [5, 5.41) is 11.2. The number of amides is 1. The minimum absolute atomic E-state index is 0.0174. The fraction of sp³-hybridized carbons (Fsp3) is 0.111. The second kappa shape index (κ2) is 3.78. The molecule has 74 valence electrons. The fourth-order valence-corrected chi connectivity index (χ4v) is 1.05. The third kappa shape index (κ3) is 2.01. The van der Waals surface area contributed by atoms with Crippen LogP contribution in [-0.4, -0.2) is 17.0 Å². The Morgan fingerprint density at radius 3 is 2.57 bits per heavy atom. The third-order valence-electron chi connectivity index (χ3n) is 1.65. The van der Waals surface area contributed by atoms with Gasteiger partial charge < -0.3 is 16.2 Å². The largest absolute Gasteiger partial charge is 0.478 e. The molecule has 1 aromatic rings. The molecule has 4 N–H and O–H groups in total.